The Morgan fingerprint density at radius 3 is 2.76 bits per heavy atom. The molecule has 1 heterocycles. The second-order valence-corrected chi connectivity index (χ2v) is 8.92. The maximum Gasteiger partial charge on any atom is 0.252 e. The van der Waals surface area contributed by atoms with Gasteiger partial charge in [-0.2, -0.15) is 4.31 Å². The SMILES string of the molecule is C=C(C)CN(CC)S(=O)(=O)c1ccc(CCNC2CC2)s1. The van der Waals surface area contributed by atoms with Crippen molar-refractivity contribution in [2.75, 3.05) is 19.6 Å². The molecule has 0 bridgehead atoms. The first-order valence-electron chi connectivity index (χ1n) is 7.40. The monoisotopic (exact) mass is 328 g/mol. The predicted octanol–water partition coefficient (Wildman–Crippen LogP) is 2.63. The van der Waals surface area contributed by atoms with Gasteiger partial charge in [-0.15, -0.1) is 11.3 Å². The highest BCUT2D eigenvalue weighted by Crippen LogP contribution is 2.26. The molecule has 0 unspecified atom stereocenters. The van der Waals surface area contributed by atoms with Crippen LogP contribution in [0.2, 0.25) is 0 Å². The van der Waals surface area contributed by atoms with Crippen LogP contribution >= 0.6 is 11.3 Å². The lowest BCUT2D eigenvalue weighted by Gasteiger charge is -2.19. The molecule has 118 valence electrons. The first-order chi connectivity index (χ1) is 9.93. The van der Waals surface area contributed by atoms with Crippen LogP contribution in [-0.2, 0) is 16.4 Å². The average molecular weight is 329 g/mol. The highest BCUT2D eigenvalue weighted by Gasteiger charge is 2.25. The van der Waals surface area contributed by atoms with Crippen molar-refractivity contribution in [1.82, 2.24) is 9.62 Å². The van der Waals surface area contributed by atoms with Gasteiger partial charge in [-0.25, -0.2) is 8.42 Å². The smallest absolute Gasteiger partial charge is 0.252 e. The van der Waals surface area contributed by atoms with Gasteiger partial charge in [-0.3, -0.25) is 0 Å². The molecule has 0 amide bonds. The second kappa shape index (κ2) is 7.05. The van der Waals surface area contributed by atoms with Crippen LogP contribution in [0.1, 0.15) is 31.6 Å². The van der Waals surface area contributed by atoms with Gasteiger partial charge < -0.3 is 5.32 Å². The summed E-state index contributed by atoms with van der Waals surface area (Å²) in [5, 5.41) is 3.45. The minimum atomic E-state index is -3.38. The van der Waals surface area contributed by atoms with E-state index in [1.54, 1.807) is 6.07 Å². The number of nitrogens with one attached hydrogen (secondary N) is 1. The van der Waals surface area contributed by atoms with E-state index >= 15 is 0 Å². The number of sulfonamides is 1. The molecule has 0 aromatic carbocycles. The summed E-state index contributed by atoms with van der Waals surface area (Å²) < 4.78 is 27.1. The molecule has 0 atom stereocenters. The summed E-state index contributed by atoms with van der Waals surface area (Å²) in [4.78, 5) is 1.12. The van der Waals surface area contributed by atoms with E-state index in [-0.39, 0.29) is 0 Å². The second-order valence-electron chi connectivity index (χ2n) is 5.59. The van der Waals surface area contributed by atoms with Gasteiger partial charge in [-0.05, 0) is 38.3 Å². The number of likely N-dealkylation sites (N-methyl/N-ethyl adjacent to an activating group) is 1. The van der Waals surface area contributed by atoms with Crippen molar-refractivity contribution >= 4 is 21.4 Å². The van der Waals surface area contributed by atoms with Crippen molar-refractivity contribution in [3.63, 3.8) is 0 Å². The van der Waals surface area contributed by atoms with E-state index in [4.69, 9.17) is 0 Å². The number of thiophene rings is 1. The molecule has 21 heavy (non-hydrogen) atoms. The normalized spacial score (nSPS) is 15.6. The van der Waals surface area contributed by atoms with Gasteiger partial charge in [0.1, 0.15) is 4.21 Å². The maximum atomic E-state index is 12.6. The van der Waals surface area contributed by atoms with Crippen LogP contribution in [0.4, 0.5) is 0 Å². The van der Waals surface area contributed by atoms with Crippen LogP contribution in [0, 0.1) is 0 Å². The highest BCUT2D eigenvalue weighted by molar-refractivity contribution is 7.91. The van der Waals surface area contributed by atoms with E-state index < -0.39 is 10.0 Å². The van der Waals surface area contributed by atoms with Crippen molar-refractivity contribution in [3.8, 4) is 0 Å². The standard InChI is InChI=1S/C15H24N2O2S2/c1-4-17(11-12(2)3)21(18,19)15-8-7-14(20-15)9-10-16-13-5-6-13/h7-8,13,16H,2,4-6,9-11H2,1,3H3. The molecule has 1 aromatic heterocycles. The van der Waals surface area contributed by atoms with Gasteiger partial charge in [0.05, 0.1) is 0 Å². The Morgan fingerprint density at radius 2 is 2.19 bits per heavy atom. The van der Waals surface area contributed by atoms with Crippen LogP contribution in [0.25, 0.3) is 0 Å². The molecule has 1 aromatic rings. The van der Waals surface area contributed by atoms with E-state index in [1.807, 2.05) is 19.9 Å². The van der Waals surface area contributed by atoms with Gasteiger partial charge in [0.15, 0.2) is 0 Å². The summed E-state index contributed by atoms with van der Waals surface area (Å²) in [6, 6.07) is 4.35. The average Bonchev–Trinajstić information content (AvgIpc) is 3.11. The van der Waals surface area contributed by atoms with Crippen molar-refractivity contribution in [2.45, 2.75) is 43.4 Å². The maximum absolute atomic E-state index is 12.6. The van der Waals surface area contributed by atoms with Crippen molar-refractivity contribution in [3.05, 3.63) is 29.2 Å². The Bertz CT molecular complexity index is 589. The predicted molar refractivity (Wildman–Crippen MR) is 88.3 cm³/mol. The summed E-state index contributed by atoms with van der Waals surface area (Å²) in [6.45, 7) is 9.28. The summed E-state index contributed by atoms with van der Waals surface area (Å²) in [7, 11) is -3.38. The third kappa shape index (κ3) is 4.64. The van der Waals surface area contributed by atoms with E-state index in [1.165, 1.54) is 28.5 Å². The van der Waals surface area contributed by atoms with Gasteiger partial charge >= 0.3 is 0 Å². The van der Waals surface area contributed by atoms with Gasteiger partial charge in [0.25, 0.3) is 10.0 Å². The number of hydrogen-bond acceptors (Lipinski definition) is 4. The fraction of sp³-hybridized carbons (Fsp3) is 0.600. The Hall–Kier alpha value is -0.690. The first-order valence-corrected chi connectivity index (χ1v) is 9.65. The summed E-state index contributed by atoms with van der Waals surface area (Å²) in [5.74, 6) is 0. The third-order valence-corrected chi connectivity index (χ3v) is 6.95. The van der Waals surface area contributed by atoms with Gasteiger partial charge in [0, 0.05) is 30.6 Å². The van der Waals surface area contributed by atoms with Crippen LogP contribution in [0.15, 0.2) is 28.5 Å². The minimum absolute atomic E-state index is 0.384. The van der Waals surface area contributed by atoms with E-state index in [0.717, 1.165) is 23.4 Å². The fourth-order valence-corrected chi connectivity index (χ4v) is 5.13. The number of nitrogens with zero attached hydrogens (tertiary/aromatic N) is 1. The van der Waals surface area contributed by atoms with E-state index in [9.17, 15) is 8.42 Å². The highest BCUT2D eigenvalue weighted by atomic mass is 32.2. The Morgan fingerprint density at radius 1 is 1.48 bits per heavy atom. The molecule has 6 heteroatoms. The number of rotatable bonds is 9. The van der Waals surface area contributed by atoms with Crippen molar-refractivity contribution in [2.24, 2.45) is 0 Å². The molecule has 1 aliphatic rings. The minimum Gasteiger partial charge on any atom is -0.314 e. The van der Waals surface area contributed by atoms with E-state index in [0.29, 0.717) is 23.3 Å². The molecule has 0 saturated heterocycles. The fourth-order valence-electron chi connectivity index (χ4n) is 2.11. The summed E-state index contributed by atoms with van der Waals surface area (Å²) in [6.07, 6.45) is 3.44. The molecule has 0 spiro atoms. The lowest BCUT2D eigenvalue weighted by molar-refractivity contribution is 0.454. The largest absolute Gasteiger partial charge is 0.314 e. The zero-order chi connectivity index (χ0) is 15.5. The third-order valence-electron chi connectivity index (χ3n) is 3.41. The molecule has 4 nitrogen and oxygen atoms in total. The molecule has 0 aliphatic heterocycles. The molecule has 2 rings (SSSR count). The number of hydrogen-bond donors (Lipinski definition) is 1. The zero-order valence-electron chi connectivity index (χ0n) is 12.8. The van der Waals surface area contributed by atoms with E-state index in [2.05, 4.69) is 11.9 Å². The molecular formula is C15H24N2O2S2. The van der Waals surface area contributed by atoms with Crippen LogP contribution in [-0.4, -0.2) is 38.4 Å². The van der Waals surface area contributed by atoms with Crippen molar-refractivity contribution < 1.29 is 8.42 Å². The molecule has 1 N–H and O–H groups in total. The van der Waals surface area contributed by atoms with Crippen LogP contribution < -0.4 is 5.32 Å². The van der Waals surface area contributed by atoms with Crippen LogP contribution in [0.5, 0.6) is 0 Å². The van der Waals surface area contributed by atoms with Gasteiger partial charge in [0.2, 0.25) is 0 Å². The molecule has 0 radical (unpaired) electrons. The van der Waals surface area contributed by atoms with Crippen molar-refractivity contribution in [1.29, 1.82) is 0 Å². The molecule has 1 aliphatic carbocycles. The van der Waals surface area contributed by atoms with Gasteiger partial charge in [-0.1, -0.05) is 19.1 Å². The first kappa shape index (κ1) is 16.7. The molecule has 1 saturated carbocycles. The quantitative estimate of drug-likeness (QED) is 0.709. The van der Waals surface area contributed by atoms with Crippen LogP contribution in [0.3, 0.4) is 0 Å². The topological polar surface area (TPSA) is 49.4 Å². The Balaban J connectivity index is 2.01. The summed E-state index contributed by atoms with van der Waals surface area (Å²) >= 11 is 1.38. The molecule has 1 fully saturated rings. The summed E-state index contributed by atoms with van der Waals surface area (Å²) in [5.41, 5.74) is 0.853. The lowest BCUT2D eigenvalue weighted by Crippen LogP contribution is -2.31. The lowest BCUT2D eigenvalue weighted by atomic mass is 10.3. The molecular weight excluding hydrogens is 304 g/mol. The zero-order valence-corrected chi connectivity index (χ0v) is 14.4. The Kier molecular flexibility index (Phi) is 5.60. The Labute approximate surface area is 131 Å².